The van der Waals surface area contributed by atoms with Gasteiger partial charge in [0.2, 0.25) is 0 Å². The minimum absolute atomic E-state index is 0.244. The van der Waals surface area contributed by atoms with Crippen LogP contribution in [0.1, 0.15) is 122 Å². The first kappa shape index (κ1) is 43.6. The van der Waals surface area contributed by atoms with Gasteiger partial charge in [-0.2, -0.15) is 0 Å². The summed E-state index contributed by atoms with van der Waals surface area (Å²) in [4.78, 5) is 9.81. The molecule has 0 aromatic heterocycles. The summed E-state index contributed by atoms with van der Waals surface area (Å²) in [6.45, 7) is 18.5. The molecule has 62 heavy (non-hydrogen) atoms. The van der Waals surface area contributed by atoms with Crippen molar-refractivity contribution >= 4 is 12.4 Å². The number of hydrogen-bond acceptors (Lipinski definition) is 4. The summed E-state index contributed by atoms with van der Waals surface area (Å²) in [6.07, 6.45) is 3.63. The molecular weight excluding hydrogens is 757 g/mol. The molecule has 0 saturated heterocycles. The van der Waals surface area contributed by atoms with Gasteiger partial charge in [-0.05, 0) is 56.6 Å². The Labute approximate surface area is 369 Å². The molecule has 7 aromatic carbocycles. The molecule has 0 bridgehead atoms. The largest absolute Gasteiger partial charge is 0.507 e. The summed E-state index contributed by atoms with van der Waals surface area (Å²) in [5.41, 5.74) is 10.5. The van der Waals surface area contributed by atoms with Gasteiger partial charge in [0, 0.05) is 56.3 Å². The molecule has 0 heterocycles. The van der Waals surface area contributed by atoms with Crippen LogP contribution in [0, 0.1) is 0 Å². The van der Waals surface area contributed by atoms with E-state index in [4.69, 9.17) is 9.98 Å². The molecule has 2 N–H and O–H groups in total. The maximum atomic E-state index is 11.9. The fourth-order valence-electron chi connectivity index (χ4n) is 8.57. The van der Waals surface area contributed by atoms with Gasteiger partial charge in [0.05, 0.1) is 13.1 Å². The van der Waals surface area contributed by atoms with E-state index in [2.05, 4.69) is 171 Å². The van der Waals surface area contributed by atoms with Crippen molar-refractivity contribution in [1.82, 2.24) is 0 Å². The van der Waals surface area contributed by atoms with E-state index in [1.165, 1.54) is 11.1 Å². The predicted octanol–water partition coefficient (Wildman–Crippen LogP) is 13.6. The molecule has 4 heteroatoms. The Balaban J connectivity index is 1.17. The highest BCUT2D eigenvalue weighted by atomic mass is 16.3. The molecule has 0 unspecified atom stereocenters. The summed E-state index contributed by atoms with van der Waals surface area (Å²) in [5, 5.41) is 23.8. The standard InChI is InChI=1S/C58H60N2O2/c1-55(2,45-24-13-9-14-25-45)49-33-43(53(61)51(35-49)57(5,6)47-28-17-11-18-29-47)39-59-37-41-22-21-23-42(32-41)38-60-40-44-34-50(56(3,4)46-26-15-10-16-27-46)36-52(54(44)62)58(7,8)48-30-19-12-20-31-48/h9-36,39-40,61-62H,37-38H2,1-8H3. The van der Waals surface area contributed by atoms with Gasteiger partial charge in [-0.15, -0.1) is 0 Å². The lowest BCUT2D eigenvalue weighted by molar-refractivity contribution is 0.450. The van der Waals surface area contributed by atoms with Gasteiger partial charge in [0.15, 0.2) is 0 Å². The van der Waals surface area contributed by atoms with Crippen LogP contribution in [0.3, 0.4) is 0 Å². The minimum Gasteiger partial charge on any atom is -0.507 e. The number of phenols is 2. The summed E-state index contributed by atoms with van der Waals surface area (Å²) >= 11 is 0. The molecule has 0 aliphatic heterocycles. The number of benzene rings is 7. The zero-order valence-corrected chi connectivity index (χ0v) is 37.5. The molecule has 0 saturated carbocycles. The summed E-state index contributed by atoms with van der Waals surface area (Å²) in [6, 6.07) is 58.6. The van der Waals surface area contributed by atoms with Crippen LogP contribution in [-0.4, -0.2) is 22.6 Å². The van der Waals surface area contributed by atoms with Crippen LogP contribution in [-0.2, 0) is 34.7 Å². The number of nitrogens with zero attached hydrogens (tertiary/aromatic N) is 2. The van der Waals surface area contributed by atoms with Crippen LogP contribution >= 0.6 is 0 Å². The first-order valence-electron chi connectivity index (χ1n) is 21.7. The Bertz CT molecular complexity index is 2490. The van der Waals surface area contributed by atoms with Crippen LogP contribution in [0.15, 0.2) is 180 Å². The molecule has 0 radical (unpaired) electrons. The van der Waals surface area contributed by atoms with E-state index in [-0.39, 0.29) is 22.3 Å². The van der Waals surface area contributed by atoms with Crippen LogP contribution < -0.4 is 0 Å². The normalized spacial score (nSPS) is 12.6. The van der Waals surface area contributed by atoms with E-state index in [9.17, 15) is 10.2 Å². The molecule has 7 aromatic rings. The van der Waals surface area contributed by atoms with E-state index in [1.54, 1.807) is 0 Å². The van der Waals surface area contributed by atoms with Crippen molar-refractivity contribution in [3.8, 4) is 11.5 Å². The fourth-order valence-corrected chi connectivity index (χ4v) is 8.57. The quantitative estimate of drug-likeness (QED) is 0.107. The molecule has 314 valence electrons. The Kier molecular flexibility index (Phi) is 12.5. The predicted molar refractivity (Wildman–Crippen MR) is 260 cm³/mol. The van der Waals surface area contributed by atoms with Gasteiger partial charge in [-0.3, -0.25) is 9.98 Å². The fraction of sp³-hybridized carbons (Fsp3) is 0.241. The first-order valence-corrected chi connectivity index (χ1v) is 21.7. The van der Waals surface area contributed by atoms with Gasteiger partial charge < -0.3 is 10.2 Å². The number of rotatable bonds is 14. The van der Waals surface area contributed by atoms with Gasteiger partial charge in [-0.25, -0.2) is 0 Å². The Hall–Kier alpha value is -6.52. The number of hydrogen-bond donors (Lipinski definition) is 2. The molecule has 0 fully saturated rings. The average Bonchev–Trinajstić information content (AvgIpc) is 3.28. The van der Waals surface area contributed by atoms with Crippen molar-refractivity contribution in [2.45, 2.75) is 90.1 Å². The number of aliphatic imine (C=N–C) groups is 2. The summed E-state index contributed by atoms with van der Waals surface area (Å²) < 4.78 is 0. The second kappa shape index (κ2) is 17.8. The van der Waals surface area contributed by atoms with Crippen LogP contribution in [0.25, 0.3) is 0 Å². The zero-order chi connectivity index (χ0) is 44.1. The SMILES string of the molecule is CC(C)(c1ccccc1)c1cc(C=NCc2cccc(CN=Cc3cc(C(C)(C)c4ccccc4)cc(C(C)(C)c4ccccc4)c3O)c2)c(O)c(C(C)(C)c2ccccc2)c1. The lowest BCUT2D eigenvalue weighted by Gasteiger charge is -2.32. The highest BCUT2D eigenvalue weighted by Crippen LogP contribution is 2.44. The van der Waals surface area contributed by atoms with Crippen molar-refractivity contribution < 1.29 is 10.2 Å². The van der Waals surface area contributed by atoms with Gasteiger partial charge in [0.1, 0.15) is 11.5 Å². The van der Waals surface area contributed by atoms with Crippen LogP contribution in [0.5, 0.6) is 11.5 Å². The molecule has 4 nitrogen and oxygen atoms in total. The molecule has 0 spiro atoms. The highest BCUT2D eigenvalue weighted by molar-refractivity contribution is 5.86. The molecule has 0 amide bonds. The maximum absolute atomic E-state index is 11.9. The highest BCUT2D eigenvalue weighted by Gasteiger charge is 2.33. The van der Waals surface area contributed by atoms with Gasteiger partial charge >= 0.3 is 0 Å². The smallest absolute Gasteiger partial charge is 0.128 e. The minimum atomic E-state index is -0.457. The second-order valence-electron chi connectivity index (χ2n) is 18.6. The lowest BCUT2D eigenvalue weighted by atomic mass is 9.72. The van der Waals surface area contributed by atoms with Crippen LogP contribution in [0.2, 0.25) is 0 Å². The Morgan fingerprint density at radius 2 is 0.661 bits per heavy atom. The zero-order valence-electron chi connectivity index (χ0n) is 37.5. The Morgan fingerprint density at radius 3 is 0.984 bits per heavy atom. The van der Waals surface area contributed by atoms with Crippen molar-refractivity contribution in [1.29, 1.82) is 0 Å². The molecule has 0 aliphatic rings. The third kappa shape index (κ3) is 9.06. The summed E-state index contributed by atoms with van der Waals surface area (Å²) in [7, 11) is 0. The van der Waals surface area contributed by atoms with Gasteiger partial charge in [0.25, 0.3) is 0 Å². The topological polar surface area (TPSA) is 65.2 Å². The third-order valence-corrected chi connectivity index (χ3v) is 13.1. The van der Waals surface area contributed by atoms with E-state index in [0.717, 1.165) is 44.5 Å². The number of phenolic OH excluding ortho intramolecular Hbond substituents is 2. The number of aromatic hydroxyl groups is 2. The van der Waals surface area contributed by atoms with Crippen molar-refractivity contribution in [3.05, 3.63) is 237 Å². The molecule has 0 aliphatic carbocycles. The van der Waals surface area contributed by atoms with E-state index >= 15 is 0 Å². The second-order valence-corrected chi connectivity index (χ2v) is 18.6. The average molecular weight is 817 g/mol. The van der Waals surface area contributed by atoms with E-state index in [1.807, 2.05) is 67.0 Å². The first-order chi connectivity index (χ1) is 29.6. The van der Waals surface area contributed by atoms with E-state index in [0.29, 0.717) is 24.2 Å². The van der Waals surface area contributed by atoms with Crippen molar-refractivity contribution in [3.63, 3.8) is 0 Å². The molecule has 0 atom stereocenters. The molecule has 7 rings (SSSR count). The van der Waals surface area contributed by atoms with Gasteiger partial charge in [-0.1, -0.05) is 213 Å². The van der Waals surface area contributed by atoms with E-state index < -0.39 is 10.8 Å². The lowest BCUT2D eigenvalue weighted by Crippen LogP contribution is -2.24. The monoisotopic (exact) mass is 816 g/mol. The summed E-state index contributed by atoms with van der Waals surface area (Å²) in [5.74, 6) is 0.487. The maximum Gasteiger partial charge on any atom is 0.128 e. The molecular formula is C58H60N2O2. The van der Waals surface area contributed by atoms with Crippen molar-refractivity contribution in [2.75, 3.05) is 0 Å². The Morgan fingerprint density at radius 1 is 0.355 bits per heavy atom. The van der Waals surface area contributed by atoms with Crippen LogP contribution in [0.4, 0.5) is 0 Å². The third-order valence-electron chi connectivity index (χ3n) is 13.1. The van der Waals surface area contributed by atoms with Crippen molar-refractivity contribution in [2.24, 2.45) is 9.98 Å².